The van der Waals surface area contributed by atoms with E-state index in [9.17, 15) is 0 Å². The molecule has 0 radical (unpaired) electrons. The smallest absolute Gasteiger partial charge is 0.191 e. The van der Waals surface area contributed by atoms with Gasteiger partial charge in [-0.15, -0.1) is 24.0 Å². The molecule has 158 valence electrons. The van der Waals surface area contributed by atoms with E-state index in [-0.39, 0.29) is 24.0 Å². The monoisotopic (exact) mass is 500 g/mol. The van der Waals surface area contributed by atoms with Crippen LogP contribution in [-0.2, 0) is 6.54 Å². The Balaban J connectivity index is 0.00000280. The normalized spacial score (nSPS) is 18.4. The van der Waals surface area contributed by atoms with Crippen molar-refractivity contribution < 1.29 is 4.74 Å². The number of nitrogens with zero attached hydrogens (tertiary/aromatic N) is 2. The number of ether oxygens (including phenoxy) is 1. The third-order valence-corrected chi connectivity index (χ3v) is 5.36. The lowest BCUT2D eigenvalue weighted by Gasteiger charge is -2.32. The van der Waals surface area contributed by atoms with Crippen LogP contribution in [0.3, 0.4) is 0 Å². The van der Waals surface area contributed by atoms with Crippen molar-refractivity contribution in [2.24, 2.45) is 10.9 Å². The molecule has 2 N–H and O–H groups in total. The fourth-order valence-electron chi connectivity index (χ4n) is 3.56. The predicted molar refractivity (Wildman–Crippen MR) is 128 cm³/mol. The van der Waals surface area contributed by atoms with Crippen LogP contribution in [0, 0.1) is 5.92 Å². The van der Waals surface area contributed by atoms with Crippen molar-refractivity contribution in [3.05, 3.63) is 29.8 Å². The lowest BCUT2D eigenvalue weighted by atomic mass is 10.1. The first kappa shape index (κ1) is 23.3. The van der Waals surface area contributed by atoms with Crippen molar-refractivity contribution in [3.63, 3.8) is 0 Å². The summed E-state index contributed by atoms with van der Waals surface area (Å²) in [6.07, 6.45) is 6.24. The Morgan fingerprint density at radius 1 is 1.14 bits per heavy atom. The first-order chi connectivity index (χ1) is 13.3. The van der Waals surface area contributed by atoms with E-state index in [0.29, 0.717) is 12.6 Å². The summed E-state index contributed by atoms with van der Waals surface area (Å²) in [5.41, 5.74) is 1.16. The van der Waals surface area contributed by atoms with Gasteiger partial charge in [0.05, 0.1) is 13.2 Å². The Morgan fingerprint density at radius 2 is 1.89 bits per heavy atom. The number of piperidine rings is 1. The molecule has 1 aromatic carbocycles. The van der Waals surface area contributed by atoms with E-state index in [1.54, 1.807) is 0 Å². The molecule has 3 rings (SSSR count). The molecule has 1 saturated heterocycles. The van der Waals surface area contributed by atoms with Gasteiger partial charge in [-0.1, -0.05) is 25.1 Å². The van der Waals surface area contributed by atoms with Crippen molar-refractivity contribution >= 4 is 29.9 Å². The summed E-state index contributed by atoms with van der Waals surface area (Å²) >= 11 is 0. The highest BCUT2D eigenvalue weighted by Crippen LogP contribution is 2.30. The van der Waals surface area contributed by atoms with Crippen LogP contribution in [0.5, 0.6) is 5.75 Å². The molecule has 1 saturated carbocycles. The van der Waals surface area contributed by atoms with Gasteiger partial charge in [-0.3, -0.25) is 0 Å². The molecule has 0 bridgehead atoms. The fourth-order valence-corrected chi connectivity index (χ4v) is 3.56. The number of para-hydroxylation sites is 1. The number of aliphatic imine (C=N–C) groups is 1. The van der Waals surface area contributed by atoms with Gasteiger partial charge < -0.3 is 20.3 Å². The first-order valence-electron chi connectivity index (χ1n) is 10.8. The molecule has 1 heterocycles. The highest BCUT2D eigenvalue weighted by Gasteiger charge is 2.22. The Kier molecular flexibility index (Phi) is 10.4. The third kappa shape index (κ3) is 7.78. The van der Waals surface area contributed by atoms with Crippen LogP contribution in [0.4, 0.5) is 0 Å². The molecule has 0 atom stereocenters. The van der Waals surface area contributed by atoms with Gasteiger partial charge in [0.2, 0.25) is 0 Å². The summed E-state index contributed by atoms with van der Waals surface area (Å²) in [5, 5.41) is 7.04. The van der Waals surface area contributed by atoms with Crippen LogP contribution in [-0.4, -0.2) is 49.7 Å². The number of halogens is 1. The number of nitrogens with one attached hydrogen (secondary N) is 2. The van der Waals surface area contributed by atoms with Gasteiger partial charge >= 0.3 is 0 Å². The van der Waals surface area contributed by atoms with Crippen molar-refractivity contribution in [2.75, 3.05) is 32.8 Å². The van der Waals surface area contributed by atoms with Crippen molar-refractivity contribution in [1.29, 1.82) is 0 Å². The van der Waals surface area contributed by atoms with Crippen molar-refractivity contribution in [3.8, 4) is 5.75 Å². The summed E-state index contributed by atoms with van der Waals surface area (Å²) in [6, 6.07) is 8.81. The van der Waals surface area contributed by atoms with Crippen LogP contribution in [0.2, 0.25) is 0 Å². The van der Waals surface area contributed by atoms with E-state index >= 15 is 0 Å². The minimum Gasteiger partial charge on any atom is -0.493 e. The standard InChI is InChI=1S/C22H36N4O.HI/c1-3-13-26-14-11-20(12-15-26)25-22(23-4-2)24-16-19-7-5-6-8-21(19)27-17-18-9-10-18;/h5-8,18,20H,3-4,9-17H2,1-2H3,(H2,23,24,25);1H. The lowest BCUT2D eigenvalue weighted by Crippen LogP contribution is -2.48. The summed E-state index contributed by atoms with van der Waals surface area (Å²) < 4.78 is 6.02. The summed E-state index contributed by atoms with van der Waals surface area (Å²) in [4.78, 5) is 7.40. The molecule has 1 aliphatic heterocycles. The fraction of sp³-hybridized carbons (Fsp3) is 0.682. The maximum absolute atomic E-state index is 6.02. The highest BCUT2D eigenvalue weighted by atomic mass is 127. The van der Waals surface area contributed by atoms with E-state index in [1.807, 2.05) is 6.07 Å². The second-order valence-electron chi connectivity index (χ2n) is 7.82. The molecular weight excluding hydrogens is 463 g/mol. The second-order valence-corrected chi connectivity index (χ2v) is 7.82. The minimum atomic E-state index is 0. The molecule has 1 aliphatic carbocycles. The Bertz CT molecular complexity index is 598. The number of benzene rings is 1. The molecule has 1 aromatic rings. The summed E-state index contributed by atoms with van der Waals surface area (Å²) in [7, 11) is 0. The maximum Gasteiger partial charge on any atom is 0.191 e. The second kappa shape index (κ2) is 12.5. The molecule has 0 spiro atoms. The molecular formula is C22H37IN4O. The Labute approximate surface area is 187 Å². The van der Waals surface area contributed by atoms with E-state index < -0.39 is 0 Å². The number of hydrogen-bond acceptors (Lipinski definition) is 3. The average Bonchev–Trinajstić information content (AvgIpc) is 3.51. The lowest BCUT2D eigenvalue weighted by molar-refractivity contribution is 0.206. The molecule has 2 aliphatic rings. The molecule has 0 unspecified atom stereocenters. The highest BCUT2D eigenvalue weighted by molar-refractivity contribution is 14.0. The zero-order valence-corrected chi connectivity index (χ0v) is 19.8. The predicted octanol–water partition coefficient (Wildman–Crippen LogP) is 4.02. The molecule has 28 heavy (non-hydrogen) atoms. The number of rotatable bonds is 9. The summed E-state index contributed by atoms with van der Waals surface area (Å²) in [6.45, 7) is 10.3. The molecule has 0 amide bonds. The van der Waals surface area contributed by atoms with Crippen molar-refractivity contribution in [1.82, 2.24) is 15.5 Å². The molecule has 5 nitrogen and oxygen atoms in total. The van der Waals surface area contributed by atoms with Crippen LogP contribution in [0.15, 0.2) is 29.3 Å². The molecule has 6 heteroatoms. The van der Waals surface area contributed by atoms with Crippen molar-refractivity contribution in [2.45, 2.75) is 58.5 Å². The van der Waals surface area contributed by atoms with E-state index in [0.717, 1.165) is 36.3 Å². The van der Waals surface area contributed by atoms with Gasteiger partial charge in [-0.25, -0.2) is 4.99 Å². The Hall–Kier alpha value is -1.02. The van der Waals surface area contributed by atoms with Gasteiger partial charge in [0.25, 0.3) is 0 Å². The molecule has 2 fully saturated rings. The van der Waals surface area contributed by atoms with Crippen LogP contribution < -0.4 is 15.4 Å². The quantitative estimate of drug-likeness (QED) is 0.306. The van der Waals surface area contributed by atoms with Gasteiger partial charge in [0.15, 0.2) is 5.96 Å². The van der Waals surface area contributed by atoms with E-state index in [1.165, 1.54) is 51.7 Å². The van der Waals surface area contributed by atoms with Gasteiger partial charge in [-0.2, -0.15) is 0 Å². The number of guanidine groups is 1. The van der Waals surface area contributed by atoms with Gasteiger partial charge in [0.1, 0.15) is 5.75 Å². The number of likely N-dealkylation sites (tertiary alicyclic amines) is 1. The average molecular weight is 500 g/mol. The topological polar surface area (TPSA) is 48.9 Å². The van der Waals surface area contributed by atoms with Crippen LogP contribution >= 0.6 is 24.0 Å². The zero-order chi connectivity index (χ0) is 18.9. The SMILES string of the molecule is CCCN1CCC(NC(=NCc2ccccc2OCC2CC2)NCC)CC1.I. The Morgan fingerprint density at radius 3 is 2.57 bits per heavy atom. The van der Waals surface area contributed by atoms with Crippen LogP contribution in [0.1, 0.15) is 51.5 Å². The van der Waals surface area contributed by atoms with Crippen LogP contribution in [0.25, 0.3) is 0 Å². The van der Waals surface area contributed by atoms with E-state index in [2.05, 4.69) is 47.6 Å². The van der Waals surface area contributed by atoms with Gasteiger partial charge in [-0.05, 0) is 57.6 Å². The first-order valence-corrected chi connectivity index (χ1v) is 10.8. The zero-order valence-electron chi connectivity index (χ0n) is 17.5. The summed E-state index contributed by atoms with van der Waals surface area (Å²) in [5.74, 6) is 2.67. The van der Waals surface area contributed by atoms with Gasteiger partial charge in [0, 0.05) is 31.2 Å². The third-order valence-electron chi connectivity index (χ3n) is 5.36. The maximum atomic E-state index is 6.02. The minimum absolute atomic E-state index is 0. The number of hydrogen-bond donors (Lipinski definition) is 2. The molecule has 0 aromatic heterocycles. The van der Waals surface area contributed by atoms with E-state index in [4.69, 9.17) is 9.73 Å². The largest absolute Gasteiger partial charge is 0.493 e.